The first-order chi connectivity index (χ1) is 10.8. The first-order valence-electron chi connectivity index (χ1n) is 7.77. The van der Waals surface area contributed by atoms with Gasteiger partial charge in [-0.2, -0.15) is 0 Å². The third kappa shape index (κ3) is 2.29. The van der Waals surface area contributed by atoms with E-state index in [1.807, 2.05) is 18.3 Å². The number of ether oxygens (including phenoxy) is 1. The van der Waals surface area contributed by atoms with Crippen LogP contribution in [-0.4, -0.2) is 27.7 Å². The van der Waals surface area contributed by atoms with E-state index in [2.05, 4.69) is 40.7 Å². The molecule has 1 fully saturated rings. The van der Waals surface area contributed by atoms with Crippen molar-refractivity contribution in [3.05, 3.63) is 59.5 Å². The predicted octanol–water partition coefficient (Wildman–Crippen LogP) is 3.29. The highest BCUT2D eigenvalue weighted by molar-refractivity contribution is 5.71. The number of fused-ring (bicyclic) bond motifs is 1. The number of aryl methyl sites for hydroxylation is 1. The number of imidazole rings is 1. The normalized spacial score (nSPS) is 18.1. The highest BCUT2D eigenvalue weighted by Crippen LogP contribution is 2.27. The van der Waals surface area contributed by atoms with Gasteiger partial charge in [-0.3, -0.25) is 0 Å². The van der Waals surface area contributed by atoms with Crippen LogP contribution in [0.15, 0.2) is 42.6 Å². The predicted molar refractivity (Wildman–Crippen MR) is 86.0 cm³/mol. The Morgan fingerprint density at radius 1 is 1.23 bits per heavy atom. The topological polar surface area (TPSA) is 39.9 Å². The number of benzene rings is 1. The fraction of sp³-hybridized carbons (Fsp3) is 0.333. The van der Waals surface area contributed by atoms with Gasteiger partial charge in [0.15, 0.2) is 5.65 Å². The summed E-state index contributed by atoms with van der Waals surface area (Å²) in [4.78, 5) is 9.39. The fourth-order valence-electron chi connectivity index (χ4n) is 3.19. The van der Waals surface area contributed by atoms with Crippen molar-refractivity contribution >= 4 is 11.2 Å². The Hall–Kier alpha value is -2.20. The summed E-state index contributed by atoms with van der Waals surface area (Å²) in [7, 11) is 0. The second kappa shape index (κ2) is 5.54. The largest absolute Gasteiger partial charge is 0.379 e. The maximum Gasteiger partial charge on any atom is 0.160 e. The quantitative estimate of drug-likeness (QED) is 0.744. The summed E-state index contributed by atoms with van der Waals surface area (Å²) in [5.74, 6) is 1.08. The molecular formula is C18H19N3O. The third-order valence-corrected chi connectivity index (χ3v) is 4.40. The van der Waals surface area contributed by atoms with E-state index in [0.717, 1.165) is 43.0 Å². The highest BCUT2D eigenvalue weighted by atomic mass is 16.5. The van der Waals surface area contributed by atoms with Crippen LogP contribution < -0.4 is 0 Å². The molecule has 1 aromatic carbocycles. The Labute approximate surface area is 129 Å². The van der Waals surface area contributed by atoms with Crippen molar-refractivity contribution < 1.29 is 4.74 Å². The van der Waals surface area contributed by atoms with Gasteiger partial charge in [-0.15, -0.1) is 0 Å². The molecular weight excluding hydrogens is 274 g/mol. The molecule has 0 N–H and O–H groups in total. The maximum atomic E-state index is 5.58. The fourth-order valence-corrected chi connectivity index (χ4v) is 3.19. The monoisotopic (exact) mass is 293 g/mol. The molecule has 0 bridgehead atoms. The Kier molecular flexibility index (Phi) is 3.39. The molecule has 1 unspecified atom stereocenters. The number of hydrogen-bond donors (Lipinski definition) is 0. The Morgan fingerprint density at radius 3 is 2.95 bits per heavy atom. The van der Waals surface area contributed by atoms with Crippen molar-refractivity contribution in [1.82, 2.24) is 14.5 Å². The van der Waals surface area contributed by atoms with Crippen LogP contribution in [0.25, 0.3) is 11.2 Å². The summed E-state index contributed by atoms with van der Waals surface area (Å²) >= 11 is 0. The zero-order chi connectivity index (χ0) is 14.9. The molecule has 3 aromatic rings. The summed E-state index contributed by atoms with van der Waals surface area (Å²) in [5.41, 5.74) is 4.56. The standard InChI is InChI=1S/C18H19N3O/c1-13-5-2-3-6-14(13)11-17-20-16-7-4-9-19-18(16)21(17)15-8-10-22-12-15/h2-7,9,15H,8,10-12H2,1H3. The van der Waals surface area contributed by atoms with E-state index in [9.17, 15) is 0 Å². The van der Waals surface area contributed by atoms with Gasteiger partial charge in [0.1, 0.15) is 11.3 Å². The summed E-state index contributed by atoms with van der Waals surface area (Å²) in [5, 5.41) is 0. The van der Waals surface area contributed by atoms with Gasteiger partial charge in [-0.05, 0) is 36.6 Å². The molecule has 112 valence electrons. The van der Waals surface area contributed by atoms with E-state index in [1.165, 1.54) is 11.1 Å². The third-order valence-electron chi connectivity index (χ3n) is 4.40. The van der Waals surface area contributed by atoms with Crippen molar-refractivity contribution in [2.45, 2.75) is 25.8 Å². The first-order valence-corrected chi connectivity index (χ1v) is 7.77. The summed E-state index contributed by atoms with van der Waals surface area (Å²) in [6, 6.07) is 12.8. The molecule has 0 amide bonds. The van der Waals surface area contributed by atoms with Gasteiger partial charge in [0.2, 0.25) is 0 Å². The Morgan fingerprint density at radius 2 is 2.14 bits per heavy atom. The molecule has 1 aliphatic rings. The van der Waals surface area contributed by atoms with E-state index in [-0.39, 0.29) is 0 Å². The van der Waals surface area contributed by atoms with Gasteiger partial charge in [-0.25, -0.2) is 9.97 Å². The van der Waals surface area contributed by atoms with Gasteiger partial charge >= 0.3 is 0 Å². The smallest absolute Gasteiger partial charge is 0.160 e. The number of rotatable bonds is 3. The molecule has 2 aromatic heterocycles. The van der Waals surface area contributed by atoms with E-state index in [0.29, 0.717) is 6.04 Å². The zero-order valence-corrected chi connectivity index (χ0v) is 12.7. The minimum Gasteiger partial charge on any atom is -0.379 e. The molecule has 4 heteroatoms. The maximum absolute atomic E-state index is 5.58. The average Bonchev–Trinajstić information content (AvgIpc) is 3.16. The lowest BCUT2D eigenvalue weighted by molar-refractivity contribution is 0.186. The minimum atomic E-state index is 0.346. The van der Waals surface area contributed by atoms with Crippen molar-refractivity contribution in [3.8, 4) is 0 Å². The molecule has 0 saturated carbocycles. The van der Waals surface area contributed by atoms with Crippen LogP contribution in [0, 0.1) is 6.92 Å². The van der Waals surface area contributed by atoms with E-state index in [4.69, 9.17) is 9.72 Å². The van der Waals surface area contributed by atoms with Gasteiger partial charge in [0.25, 0.3) is 0 Å². The molecule has 1 saturated heterocycles. The van der Waals surface area contributed by atoms with Crippen LogP contribution in [0.4, 0.5) is 0 Å². The molecule has 0 spiro atoms. The molecule has 1 atom stereocenters. The Balaban J connectivity index is 1.82. The van der Waals surface area contributed by atoms with Crippen molar-refractivity contribution in [2.75, 3.05) is 13.2 Å². The zero-order valence-electron chi connectivity index (χ0n) is 12.7. The minimum absolute atomic E-state index is 0.346. The van der Waals surface area contributed by atoms with Gasteiger partial charge in [0.05, 0.1) is 12.6 Å². The van der Waals surface area contributed by atoms with Gasteiger partial charge < -0.3 is 9.30 Å². The first kappa shape index (κ1) is 13.5. The molecule has 3 heterocycles. The van der Waals surface area contributed by atoms with Crippen molar-refractivity contribution in [2.24, 2.45) is 0 Å². The van der Waals surface area contributed by atoms with Crippen LogP contribution in [0.3, 0.4) is 0 Å². The number of aromatic nitrogens is 3. The summed E-state index contributed by atoms with van der Waals surface area (Å²) < 4.78 is 7.87. The molecule has 22 heavy (non-hydrogen) atoms. The SMILES string of the molecule is Cc1ccccc1Cc1nc2cccnc2n1C1CCOC1. The second-order valence-electron chi connectivity index (χ2n) is 5.86. The van der Waals surface area contributed by atoms with Crippen LogP contribution in [0.1, 0.15) is 29.4 Å². The lowest BCUT2D eigenvalue weighted by atomic mass is 10.1. The van der Waals surface area contributed by atoms with Crippen LogP contribution in [0.2, 0.25) is 0 Å². The van der Waals surface area contributed by atoms with Crippen molar-refractivity contribution in [3.63, 3.8) is 0 Å². The van der Waals surface area contributed by atoms with Gasteiger partial charge in [-0.1, -0.05) is 24.3 Å². The summed E-state index contributed by atoms with van der Waals surface area (Å²) in [6.45, 7) is 3.73. The van der Waals surface area contributed by atoms with E-state index >= 15 is 0 Å². The molecule has 0 aliphatic carbocycles. The number of nitrogens with zero attached hydrogens (tertiary/aromatic N) is 3. The molecule has 0 radical (unpaired) electrons. The lowest BCUT2D eigenvalue weighted by Gasteiger charge is -2.15. The van der Waals surface area contributed by atoms with E-state index in [1.54, 1.807) is 0 Å². The number of hydrogen-bond acceptors (Lipinski definition) is 3. The van der Waals surface area contributed by atoms with Crippen LogP contribution >= 0.6 is 0 Å². The van der Waals surface area contributed by atoms with Gasteiger partial charge in [0, 0.05) is 19.2 Å². The Bertz CT molecular complexity index is 803. The second-order valence-corrected chi connectivity index (χ2v) is 5.86. The average molecular weight is 293 g/mol. The van der Waals surface area contributed by atoms with Crippen LogP contribution in [-0.2, 0) is 11.2 Å². The van der Waals surface area contributed by atoms with Crippen LogP contribution in [0.5, 0.6) is 0 Å². The lowest BCUT2D eigenvalue weighted by Crippen LogP contribution is -2.13. The van der Waals surface area contributed by atoms with Crippen molar-refractivity contribution in [1.29, 1.82) is 0 Å². The molecule has 4 nitrogen and oxygen atoms in total. The molecule has 4 rings (SSSR count). The number of pyridine rings is 1. The highest BCUT2D eigenvalue weighted by Gasteiger charge is 2.24. The van der Waals surface area contributed by atoms with E-state index < -0.39 is 0 Å². The molecule has 1 aliphatic heterocycles. The summed E-state index contributed by atoms with van der Waals surface area (Å²) in [6.07, 6.45) is 3.70.